The van der Waals surface area contributed by atoms with Crippen LogP contribution in [0.15, 0.2) is 40.1 Å². The number of hydrogen-bond acceptors (Lipinski definition) is 7. The number of oxazole rings is 1. The molecule has 0 saturated carbocycles. The fourth-order valence-corrected chi connectivity index (χ4v) is 3.22. The van der Waals surface area contributed by atoms with Crippen molar-refractivity contribution in [2.75, 3.05) is 13.2 Å². The fourth-order valence-electron chi connectivity index (χ4n) is 2.42. The van der Waals surface area contributed by atoms with E-state index in [4.69, 9.17) is 13.9 Å². The lowest BCUT2D eigenvalue weighted by atomic mass is 10.2. The molecule has 144 valence electrons. The zero-order valence-corrected chi connectivity index (χ0v) is 16.2. The van der Waals surface area contributed by atoms with Gasteiger partial charge in [0.1, 0.15) is 12.1 Å². The molecule has 0 bridgehead atoms. The second-order valence-electron chi connectivity index (χ2n) is 5.59. The maximum Gasteiger partial charge on any atom is 0.226 e. The lowest BCUT2D eigenvalue weighted by Crippen LogP contribution is -2.14. The molecule has 2 heterocycles. The lowest BCUT2D eigenvalue weighted by molar-refractivity contribution is -0.146. The highest BCUT2D eigenvalue weighted by Gasteiger charge is 2.20. The van der Waals surface area contributed by atoms with Gasteiger partial charge in [-0.25, -0.2) is 9.37 Å². The van der Waals surface area contributed by atoms with E-state index in [0.717, 1.165) is 5.69 Å². The highest BCUT2D eigenvalue weighted by atomic mass is 32.2. The molecular formula is C18H21FN4O3S. The summed E-state index contributed by atoms with van der Waals surface area (Å²) in [5.41, 5.74) is 1.33. The van der Waals surface area contributed by atoms with Crippen molar-refractivity contribution in [2.24, 2.45) is 7.05 Å². The monoisotopic (exact) mass is 392 g/mol. The molecule has 0 spiro atoms. The van der Waals surface area contributed by atoms with Gasteiger partial charge in [-0.1, -0.05) is 17.8 Å². The van der Waals surface area contributed by atoms with Crippen molar-refractivity contribution in [3.05, 3.63) is 47.9 Å². The molecule has 2 aromatic heterocycles. The van der Waals surface area contributed by atoms with Crippen LogP contribution in [0.5, 0.6) is 0 Å². The van der Waals surface area contributed by atoms with Crippen LogP contribution in [0.1, 0.15) is 31.7 Å². The van der Waals surface area contributed by atoms with E-state index in [9.17, 15) is 4.39 Å². The highest BCUT2D eigenvalue weighted by Crippen LogP contribution is 2.26. The van der Waals surface area contributed by atoms with Crippen molar-refractivity contribution in [3.63, 3.8) is 0 Å². The first-order chi connectivity index (χ1) is 13.1. The van der Waals surface area contributed by atoms with E-state index in [-0.39, 0.29) is 5.82 Å². The van der Waals surface area contributed by atoms with Gasteiger partial charge in [0.25, 0.3) is 0 Å². The van der Waals surface area contributed by atoms with Crippen LogP contribution < -0.4 is 0 Å². The molecule has 0 aliphatic carbocycles. The number of hydrogen-bond donors (Lipinski definition) is 0. The topological polar surface area (TPSA) is 75.2 Å². The Hall–Kier alpha value is -2.23. The molecule has 27 heavy (non-hydrogen) atoms. The van der Waals surface area contributed by atoms with Gasteiger partial charge in [0.2, 0.25) is 12.2 Å². The number of aromatic nitrogens is 4. The Bertz CT molecular complexity index is 877. The first-order valence-corrected chi connectivity index (χ1v) is 9.56. The first-order valence-electron chi connectivity index (χ1n) is 8.58. The Kier molecular flexibility index (Phi) is 6.59. The van der Waals surface area contributed by atoms with Crippen LogP contribution in [0.2, 0.25) is 0 Å². The Balaban J connectivity index is 1.67. The summed E-state index contributed by atoms with van der Waals surface area (Å²) in [5.74, 6) is 1.21. The molecule has 9 heteroatoms. The zero-order valence-electron chi connectivity index (χ0n) is 15.4. The van der Waals surface area contributed by atoms with Gasteiger partial charge < -0.3 is 18.5 Å². The third-order valence-electron chi connectivity index (χ3n) is 3.69. The Labute approximate surface area is 160 Å². The fraction of sp³-hybridized carbons (Fsp3) is 0.389. The second-order valence-corrected chi connectivity index (χ2v) is 6.53. The molecule has 0 radical (unpaired) electrons. The molecule has 0 aliphatic heterocycles. The molecule has 3 aromatic rings. The summed E-state index contributed by atoms with van der Waals surface area (Å²) in [5, 5.41) is 9.10. The van der Waals surface area contributed by atoms with Gasteiger partial charge >= 0.3 is 0 Å². The van der Waals surface area contributed by atoms with Crippen molar-refractivity contribution in [3.8, 4) is 11.5 Å². The summed E-state index contributed by atoms with van der Waals surface area (Å²) in [6.07, 6.45) is 1.02. The van der Waals surface area contributed by atoms with E-state index in [1.165, 1.54) is 23.9 Å². The highest BCUT2D eigenvalue weighted by molar-refractivity contribution is 7.98. The standard InChI is InChI=1S/C18H21FN4O3S/c1-4-24-17(25-5-2)15-21-22-18(23(15)3)27-11-14-10-26-16(20-14)12-7-6-8-13(19)9-12/h6-10,17H,4-5,11H2,1-3H3. The van der Waals surface area contributed by atoms with Gasteiger partial charge in [0.15, 0.2) is 11.0 Å². The van der Waals surface area contributed by atoms with Crippen molar-refractivity contribution in [1.82, 2.24) is 19.7 Å². The average Bonchev–Trinajstić information content (AvgIpc) is 3.27. The molecule has 0 unspecified atom stereocenters. The van der Waals surface area contributed by atoms with Crippen LogP contribution in [0, 0.1) is 5.82 Å². The number of ether oxygens (including phenoxy) is 2. The predicted molar refractivity (Wildman–Crippen MR) is 98.5 cm³/mol. The number of rotatable bonds is 9. The van der Waals surface area contributed by atoms with E-state index >= 15 is 0 Å². The molecule has 7 nitrogen and oxygen atoms in total. The molecule has 0 aliphatic rings. The van der Waals surface area contributed by atoms with Gasteiger partial charge in [-0.3, -0.25) is 0 Å². The summed E-state index contributed by atoms with van der Waals surface area (Å²) in [4.78, 5) is 4.41. The van der Waals surface area contributed by atoms with Crippen molar-refractivity contribution >= 4 is 11.8 Å². The van der Waals surface area contributed by atoms with Gasteiger partial charge in [0, 0.05) is 31.6 Å². The molecule has 0 saturated heterocycles. The van der Waals surface area contributed by atoms with Crippen molar-refractivity contribution in [1.29, 1.82) is 0 Å². The molecular weight excluding hydrogens is 371 g/mol. The van der Waals surface area contributed by atoms with E-state index in [0.29, 0.717) is 41.4 Å². The van der Waals surface area contributed by atoms with Crippen LogP contribution >= 0.6 is 11.8 Å². The molecule has 0 fully saturated rings. The quantitative estimate of drug-likeness (QED) is 0.403. The van der Waals surface area contributed by atoms with Crippen LogP contribution in [-0.4, -0.2) is 33.0 Å². The molecule has 0 amide bonds. The van der Waals surface area contributed by atoms with Crippen LogP contribution in [0.4, 0.5) is 4.39 Å². The normalized spacial score (nSPS) is 11.4. The second kappa shape index (κ2) is 9.12. The van der Waals surface area contributed by atoms with Gasteiger partial charge in [-0.15, -0.1) is 10.2 Å². The summed E-state index contributed by atoms with van der Waals surface area (Å²) >= 11 is 1.47. The first kappa shape index (κ1) is 19.5. The van der Waals surface area contributed by atoms with E-state index < -0.39 is 6.29 Å². The molecule has 0 atom stereocenters. The van der Waals surface area contributed by atoms with Gasteiger partial charge in [-0.05, 0) is 32.0 Å². The number of benzene rings is 1. The predicted octanol–water partition coefficient (Wildman–Crippen LogP) is 3.97. The number of nitrogens with zero attached hydrogens (tertiary/aromatic N) is 4. The van der Waals surface area contributed by atoms with Crippen LogP contribution in [-0.2, 0) is 22.3 Å². The summed E-state index contributed by atoms with van der Waals surface area (Å²) in [7, 11) is 1.86. The van der Waals surface area contributed by atoms with E-state index in [2.05, 4.69) is 15.2 Å². The Morgan fingerprint density at radius 1 is 1.22 bits per heavy atom. The van der Waals surface area contributed by atoms with E-state index in [1.54, 1.807) is 18.4 Å². The number of thioether (sulfide) groups is 1. The van der Waals surface area contributed by atoms with Crippen LogP contribution in [0.3, 0.4) is 0 Å². The molecule has 3 rings (SSSR count). The SMILES string of the molecule is CCOC(OCC)c1nnc(SCc2coc(-c3cccc(F)c3)n2)n1C. The minimum atomic E-state index is -0.543. The third kappa shape index (κ3) is 4.74. The number of halogens is 1. The van der Waals surface area contributed by atoms with Crippen molar-refractivity contribution in [2.45, 2.75) is 31.0 Å². The van der Waals surface area contributed by atoms with Crippen LogP contribution in [0.25, 0.3) is 11.5 Å². The minimum absolute atomic E-state index is 0.327. The summed E-state index contributed by atoms with van der Waals surface area (Å²) < 4.78 is 31.8. The lowest BCUT2D eigenvalue weighted by Gasteiger charge is -2.15. The molecule has 1 aromatic carbocycles. The minimum Gasteiger partial charge on any atom is -0.444 e. The molecule has 0 N–H and O–H groups in total. The average molecular weight is 392 g/mol. The zero-order chi connectivity index (χ0) is 19.2. The maximum atomic E-state index is 13.3. The smallest absolute Gasteiger partial charge is 0.226 e. The third-order valence-corrected chi connectivity index (χ3v) is 4.74. The Morgan fingerprint density at radius 3 is 2.70 bits per heavy atom. The largest absolute Gasteiger partial charge is 0.444 e. The van der Waals surface area contributed by atoms with Crippen molar-refractivity contribution < 1.29 is 18.3 Å². The summed E-state index contributed by atoms with van der Waals surface area (Å²) in [6, 6.07) is 6.14. The summed E-state index contributed by atoms with van der Waals surface area (Å²) in [6.45, 7) is 4.83. The maximum absolute atomic E-state index is 13.3. The van der Waals surface area contributed by atoms with Gasteiger partial charge in [-0.2, -0.15) is 0 Å². The Morgan fingerprint density at radius 2 is 2.00 bits per heavy atom. The van der Waals surface area contributed by atoms with E-state index in [1.807, 2.05) is 25.5 Å². The van der Waals surface area contributed by atoms with Gasteiger partial charge in [0.05, 0.1) is 5.69 Å².